The molecule has 1 N–H and O–H groups in total. The van der Waals surface area contributed by atoms with Gasteiger partial charge in [0.25, 0.3) is 0 Å². The van der Waals surface area contributed by atoms with E-state index in [0.717, 1.165) is 30.6 Å². The Balaban J connectivity index is 2.05. The van der Waals surface area contributed by atoms with Crippen LogP contribution in [0.25, 0.3) is 0 Å². The normalized spacial score (nSPS) is 11.4. The zero-order chi connectivity index (χ0) is 15.3. The summed E-state index contributed by atoms with van der Waals surface area (Å²) in [6, 6.07) is 10.5. The van der Waals surface area contributed by atoms with E-state index in [1.807, 2.05) is 6.07 Å². The summed E-state index contributed by atoms with van der Waals surface area (Å²) in [4.78, 5) is 8.39. The second-order valence-electron chi connectivity index (χ2n) is 5.84. The Hall–Kier alpha value is -1.61. The first kappa shape index (κ1) is 15.8. The van der Waals surface area contributed by atoms with Gasteiger partial charge in [0, 0.05) is 11.1 Å². The number of anilines is 1. The lowest BCUT2D eigenvalue weighted by Gasteiger charge is -2.28. The second kappa shape index (κ2) is 6.90. The SMILES string of the molecule is CCc1c(Cl)ncnc1NC(C)(C)CCc1ccccc1. The molecule has 0 aliphatic rings. The van der Waals surface area contributed by atoms with Gasteiger partial charge in [-0.2, -0.15) is 0 Å². The molecule has 0 unspecified atom stereocenters. The summed E-state index contributed by atoms with van der Waals surface area (Å²) in [6.45, 7) is 6.43. The molecule has 2 rings (SSSR count). The Labute approximate surface area is 131 Å². The van der Waals surface area contributed by atoms with Crippen molar-refractivity contribution in [2.45, 2.75) is 45.6 Å². The highest BCUT2D eigenvalue weighted by atomic mass is 35.5. The fourth-order valence-electron chi connectivity index (χ4n) is 2.30. The molecule has 0 atom stereocenters. The van der Waals surface area contributed by atoms with E-state index in [1.54, 1.807) is 0 Å². The van der Waals surface area contributed by atoms with Crippen LogP contribution < -0.4 is 5.32 Å². The van der Waals surface area contributed by atoms with Crippen molar-refractivity contribution in [3.05, 3.63) is 52.9 Å². The van der Waals surface area contributed by atoms with Crippen LogP contribution in [0, 0.1) is 0 Å². The van der Waals surface area contributed by atoms with Crippen molar-refractivity contribution in [2.75, 3.05) is 5.32 Å². The molecule has 0 spiro atoms. The summed E-state index contributed by atoms with van der Waals surface area (Å²) in [7, 11) is 0. The van der Waals surface area contributed by atoms with Crippen LogP contribution in [0.4, 0.5) is 5.82 Å². The molecule has 0 radical (unpaired) electrons. The standard InChI is InChI=1S/C17H22ClN3/c1-4-14-15(18)19-12-20-16(14)21-17(2,3)11-10-13-8-6-5-7-9-13/h5-9,12H,4,10-11H2,1-3H3,(H,19,20,21). The van der Waals surface area contributed by atoms with E-state index in [4.69, 9.17) is 11.6 Å². The van der Waals surface area contributed by atoms with Crippen molar-refractivity contribution in [2.24, 2.45) is 0 Å². The van der Waals surface area contributed by atoms with Gasteiger partial charge in [-0.1, -0.05) is 48.9 Å². The fourth-order valence-corrected chi connectivity index (χ4v) is 2.56. The van der Waals surface area contributed by atoms with Gasteiger partial charge in [0.05, 0.1) is 0 Å². The molecule has 4 heteroatoms. The minimum absolute atomic E-state index is 0.0581. The Kier molecular flexibility index (Phi) is 5.18. The fraction of sp³-hybridized carbons (Fsp3) is 0.412. The van der Waals surface area contributed by atoms with Gasteiger partial charge in [-0.25, -0.2) is 9.97 Å². The zero-order valence-electron chi connectivity index (χ0n) is 12.9. The smallest absolute Gasteiger partial charge is 0.137 e. The molecule has 2 aromatic rings. The Morgan fingerprint density at radius 2 is 1.86 bits per heavy atom. The van der Waals surface area contributed by atoms with Gasteiger partial charge in [0.15, 0.2) is 0 Å². The summed E-state index contributed by atoms with van der Waals surface area (Å²) < 4.78 is 0. The maximum atomic E-state index is 6.14. The predicted molar refractivity (Wildman–Crippen MR) is 88.9 cm³/mol. The van der Waals surface area contributed by atoms with Gasteiger partial charge in [-0.05, 0) is 38.7 Å². The van der Waals surface area contributed by atoms with Crippen molar-refractivity contribution in [3.63, 3.8) is 0 Å². The number of hydrogen-bond acceptors (Lipinski definition) is 3. The maximum Gasteiger partial charge on any atom is 0.137 e. The third-order valence-corrected chi connectivity index (χ3v) is 3.91. The van der Waals surface area contributed by atoms with E-state index in [9.17, 15) is 0 Å². The third-order valence-electron chi connectivity index (χ3n) is 3.58. The van der Waals surface area contributed by atoms with Crippen LogP contribution in [-0.4, -0.2) is 15.5 Å². The van der Waals surface area contributed by atoms with E-state index in [0.29, 0.717) is 5.15 Å². The monoisotopic (exact) mass is 303 g/mol. The van der Waals surface area contributed by atoms with Gasteiger partial charge in [0.2, 0.25) is 0 Å². The minimum atomic E-state index is -0.0581. The van der Waals surface area contributed by atoms with Gasteiger partial charge in [-0.15, -0.1) is 0 Å². The van der Waals surface area contributed by atoms with E-state index in [1.165, 1.54) is 11.9 Å². The third kappa shape index (κ3) is 4.43. The molecule has 1 heterocycles. The minimum Gasteiger partial charge on any atom is -0.365 e. The first-order valence-electron chi connectivity index (χ1n) is 7.33. The largest absolute Gasteiger partial charge is 0.365 e. The second-order valence-corrected chi connectivity index (χ2v) is 6.20. The van der Waals surface area contributed by atoms with Crippen molar-refractivity contribution >= 4 is 17.4 Å². The number of aryl methyl sites for hydroxylation is 1. The molecule has 1 aromatic carbocycles. The predicted octanol–water partition coefficient (Wildman–Crippen LogP) is 4.52. The number of benzene rings is 1. The summed E-state index contributed by atoms with van der Waals surface area (Å²) in [6.07, 6.45) is 4.37. The highest BCUT2D eigenvalue weighted by molar-refractivity contribution is 6.30. The Morgan fingerprint density at radius 3 is 2.52 bits per heavy atom. The molecule has 0 aliphatic carbocycles. The lowest BCUT2D eigenvalue weighted by molar-refractivity contribution is 0.515. The highest BCUT2D eigenvalue weighted by Crippen LogP contribution is 2.25. The molecule has 21 heavy (non-hydrogen) atoms. The van der Waals surface area contributed by atoms with Crippen LogP contribution in [0.15, 0.2) is 36.7 Å². The topological polar surface area (TPSA) is 37.8 Å². The number of nitrogens with zero attached hydrogens (tertiary/aromatic N) is 2. The molecule has 0 aliphatic heterocycles. The van der Waals surface area contributed by atoms with Gasteiger partial charge in [-0.3, -0.25) is 0 Å². The summed E-state index contributed by atoms with van der Waals surface area (Å²) >= 11 is 6.14. The van der Waals surface area contributed by atoms with Crippen LogP contribution in [-0.2, 0) is 12.8 Å². The molecule has 0 saturated heterocycles. The molecule has 0 fully saturated rings. The Morgan fingerprint density at radius 1 is 1.14 bits per heavy atom. The molecule has 0 saturated carbocycles. The van der Waals surface area contributed by atoms with Crippen LogP contribution in [0.3, 0.4) is 0 Å². The molecular formula is C17H22ClN3. The van der Waals surface area contributed by atoms with Crippen LogP contribution in [0.2, 0.25) is 5.15 Å². The number of rotatable bonds is 6. The number of aromatic nitrogens is 2. The van der Waals surface area contributed by atoms with Gasteiger partial charge in [0.1, 0.15) is 17.3 Å². The number of hydrogen-bond donors (Lipinski definition) is 1. The quantitative estimate of drug-likeness (QED) is 0.798. The number of nitrogens with one attached hydrogen (secondary N) is 1. The summed E-state index contributed by atoms with van der Waals surface area (Å²) in [5, 5.41) is 4.05. The Bertz CT molecular complexity index is 582. The van der Waals surface area contributed by atoms with Gasteiger partial charge >= 0.3 is 0 Å². The van der Waals surface area contributed by atoms with Gasteiger partial charge < -0.3 is 5.32 Å². The van der Waals surface area contributed by atoms with E-state index < -0.39 is 0 Å². The maximum absolute atomic E-state index is 6.14. The first-order valence-corrected chi connectivity index (χ1v) is 7.71. The highest BCUT2D eigenvalue weighted by Gasteiger charge is 2.20. The molecule has 1 aromatic heterocycles. The molecule has 0 bridgehead atoms. The molecular weight excluding hydrogens is 282 g/mol. The number of halogens is 1. The lowest BCUT2D eigenvalue weighted by atomic mass is 9.95. The summed E-state index contributed by atoms with van der Waals surface area (Å²) in [5.74, 6) is 0.843. The molecule has 3 nitrogen and oxygen atoms in total. The average molecular weight is 304 g/mol. The van der Waals surface area contributed by atoms with Crippen LogP contribution in [0.5, 0.6) is 0 Å². The van der Waals surface area contributed by atoms with E-state index in [2.05, 4.69) is 60.3 Å². The van der Waals surface area contributed by atoms with Crippen molar-refractivity contribution in [3.8, 4) is 0 Å². The molecule has 0 amide bonds. The zero-order valence-corrected chi connectivity index (χ0v) is 13.6. The van der Waals surface area contributed by atoms with Crippen LogP contribution >= 0.6 is 11.6 Å². The van der Waals surface area contributed by atoms with E-state index >= 15 is 0 Å². The van der Waals surface area contributed by atoms with Crippen molar-refractivity contribution in [1.29, 1.82) is 0 Å². The molecule has 112 valence electrons. The lowest BCUT2D eigenvalue weighted by Crippen LogP contribution is -2.32. The first-order chi connectivity index (χ1) is 10.0. The van der Waals surface area contributed by atoms with E-state index in [-0.39, 0.29) is 5.54 Å². The summed E-state index contributed by atoms with van der Waals surface area (Å²) in [5.41, 5.74) is 2.27. The van der Waals surface area contributed by atoms with Crippen molar-refractivity contribution < 1.29 is 0 Å². The van der Waals surface area contributed by atoms with Crippen molar-refractivity contribution in [1.82, 2.24) is 9.97 Å². The van der Waals surface area contributed by atoms with Crippen LogP contribution in [0.1, 0.15) is 38.3 Å². The average Bonchev–Trinajstić information content (AvgIpc) is 2.46.